The van der Waals surface area contributed by atoms with Crippen LogP contribution in [0.1, 0.15) is 44.5 Å². The molecule has 0 saturated carbocycles. The summed E-state index contributed by atoms with van der Waals surface area (Å²) in [6.45, 7) is 3.95. The van der Waals surface area contributed by atoms with Crippen LogP contribution in [0.25, 0.3) is 11.4 Å². The summed E-state index contributed by atoms with van der Waals surface area (Å²) in [7, 11) is 1.60. The zero-order chi connectivity index (χ0) is 18.4. The molecule has 0 radical (unpaired) electrons. The summed E-state index contributed by atoms with van der Waals surface area (Å²) in [6.07, 6.45) is 3.75. The van der Waals surface area contributed by atoms with Gasteiger partial charge < -0.3 is 19.9 Å². The minimum atomic E-state index is -0.327. The van der Waals surface area contributed by atoms with Crippen molar-refractivity contribution in [2.45, 2.75) is 38.6 Å². The molecule has 26 heavy (non-hydrogen) atoms. The first-order valence-corrected chi connectivity index (χ1v) is 9.14. The highest BCUT2D eigenvalue weighted by atomic mass is 16.5. The van der Waals surface area contributed by atoms with E-state index in [0.29, 0.717) is 29.8 Å². The molecule has 3 rings (SSSR count). The molecule has 0 aliphatic carbocycles. The Morgan fingerprint density at radius 2 is 2.15 bits per heavy atom. The largest absolute Gasteiger partial charge is 0.496 e. The second-order valence-corrected chi connectivity index (χ2v) is 6.68. The van der Waals surface area contributed by atoms with E-state index in [4.69, 9.17) is 9.26 Å². The van der Waals surface area contributed by atoms with Crippen molar-refractivity contribution in [3.63, 3.8) is 0 Å². The van der Waals surface area contributed by atoms with Crippen LogP contribution in [0, 0.1) is 5.92 Å². The lowest BCUT2D eigenvalue weighted by atomic mass is 9.93. The van der Waals surface area contributed by atoms with Crippen LogP contribution in [0.5, 0.6) is 5.75 Å². The number of carbonyl (C=O) groups is 1. The van der Waals surface area contributed by atoms with Gasteiger partial charge in [0.1, 0.15) is 11.8 Å². The Labute approximate surface area is 153 Å². The monoisotopic (exact) mass is 358 g/mol. The highest BCUT2D eigenvalue weighted by Crippen LogP contribution is 2.28. The molecule has 2 aromatic rings. The minimum absolute atomic E-state index is 0.0214. The number of nitrogens with zero attached hydrogens (tertiary/aromatic N) is 2. The topological polar surface area (TPSA) is 89.3 Å². The number of carbonyl (C=O) groups excluding carboxylic acids is 1. The fraction of sp³-hybridized carbons (Fsp3) is 0.526. The highest BCUT2D eigenvalue weighted by Gasteiger charge is 2.20. The number of amides is 1. The van der Waals surface area contributed by atoms with E-state index >= 15 is 0 Å². The molecule has 2 heterocycles. The minimum Gasteiger partial charge on any atom is -0.496 e. The van der Waals surface area contributed by atoms with Crippen LogP contribution in [-0.2, 0) is 4.79 Å². The maximum absolute atomic E-state index is 12.2. The van der Waals surface area contributed by atoms with E-state index in [1.807, 2.05) is 31.2 Å². The molecule has 1 saturated heterocycles. The fourth-order valence-corrected chi connectivity index (χ4v) is 3.23. The summed E-state index contributed by atoms with van der Waals surface area (Å²) in [5, 5.41) is 10.3. The van der Waals surface area contributed by atoms with Crippen LogP contribution in [0.15, 0.2) is 28.8 Å². The van der Waals surface area contributed by atoms with Crippen LogP contribution >= 0.6 is 0 Å². The molecule has 1 amide bonds. The zero-order valence-electron chi connectivity index (χ0n) is 15.3. The number of piperidine rings is 1. The third-order valence-electron chi connectivity index (χ3n) is 4.78. The number of hydrogen-bond acceptors (Lipinski definition) is 6. The van der Waals surface area contributed by atoms with Crippen LogP contribution in [0.2, 0.25) is 0 Å². The average Bonchev–Trinajstić information content (AvgIpc) is 3.17. The van der Waals surface area contributed by atoms with Crippen molar-refractivity contribution < 1.29 is 14.1 Å². The van der Waals surface area contributed by atoms with Gasteiger partial charge in [0.05, 0.1) is 12.7 Å². The summed E-state index contributed by atoms with van der Waals surface area (Å²) >= 11 is 0. The number of para-hydroxylation sites is 1. The molecular weight excluding hydrogens is 332 g/mol. The van der Waals surface area contributed by atoms with Gasteiger partial charge in [0.25, 0.3) is 0 Å². The number of nitrogens with one attached hydrogen (secondary N) is 2. The number of rotatable bonds is 7. The lowest BCUT2D eigenvalue weighted by Gasteiger charge is -2.22. The molecule has 1 aliphatic heterocycles. The number of methoxy groups -OCH3 is 1. The molecule has 1 atom stereocenters. The predicted octanol–water partition coefficient (Wildman–Crippen LogP) is 2.70. The van der Waals surface area contributed by atoms with E-state index < -0.39 is 0 Å². The second-order valence-electron chi connectivity index (χ2n) is 6.68. The van der Waals surface area contributed by atoms with Gasteiger partial charge in [0.2, 0.25) is 17.6 Å². The van der Waals surface area contributed by atoms with Gasteiger partial charge in [-0.15, -0.1) is 0 Å². The molecule has 1 aromatic carbocycles. The Bertz CT molecular complexity index is 725. The summed E-state index contributed by atoms with van der Waals surface area (Å²) in [5.74, 6) is 2.18. The summed E-state index contributed by atoms with van der Waals surface area (Å²) in [5.41, 5.74) is 0.759. The summed E-state index contributed by atoms with van der Waals surface area (Å²) in [6, 6.07) is 7.16. The van der Waals surface area contributed by atoms with Gasteiger partial charge in [0.15, 0.2) is 0 Å². The van der Waals surface area contributed by atoms with Crippen molar-refractivity contribution in [1.82, 2.24) is 20.8 Å². The Morgan fingerprint density at radius 1 is 1.38 bits per heavy atom. The van der Waals surface area contributed by atoms with Crippen LogP contribution in [0.4, 0.5) is 0 Å². The van der Waals surface area contributed by atoms with E-state index in [-0.39, 0.29) is 11.9 Å². The van der Waals surface area contributed by atoms with Crippen molar-refractivity contribution in [1.29, 1.82) is 0 Å². The van der Waals surface area contributed by atoms with Crippen molar-refractivity contribution in [3.8, 4) is 17.1 Å². The first kappa shape index (κ1) is 18.4. The molecule has 1 unspecified atom stereocenters. The maximum atomic E-state index is 12.2. The molecule has 0 spiro atoms. The standard InChI is InChI=1S/C19H26N4O3/c1-13(21-17(24)8-7-14-9-11-20-12-10-14)19-22-18(23-26-19)15-5-3-4-6-16(15)25-2/h3-6,13-14,20H,7-12H2,1-2H3,(H,21,24). The van der Waals surface area contributed by atoms with Crippen molar-refractivity contribution in [3.05, 3.63) is 30.2 Å². The summed E-state index contributed by atoms with van der Waals surface area (Å²) in [4.78, 5) is 16.6. The zero-order valence-corrected chi connectivity index (χ0v) is 15.3. The van der Waals surface area contributed by atoms with E-state index in [9.17, 15) is 4.79 Å². The van der Waals surface area contributed by atoms with Crippen LogP contribution < -0.4 is 15.4 Å². The molecule has 140 valence electrons. The van der Waals surface area contributed by atoms with Gasteiger partial charge in [-0.25, -0.2) is 0 Å². The molecular formula is C19H26N4O3. The Hall–Kier alpha value is -2.41. The molecule has 2 N–H and O–H groups in total. The number of hydrogen-bond donors (Lipinski definition) is 2. The van der Waals surface area contributed by atoms with Crippen LogP contribution in [-0.4, -0.2) is 36.2 Å². The maximum Gasteiger partial charge on any atom is 0.249 e. The lowest BCUT2D eigenvalue weighted by molar-refractivity contribution is -0.122. The third kappa shape index (κ3) is 4.60. The smallest absolute Gasteiger partial charge is 0.249 e. The molecule has 1 fully saturated rings. The normalized spacial score (nSPS) is 16.2. The van der Waals surface area contributed by atoms with E-state index in [1.165, 1.54) is 0 Å². The van der Waals surface area contributed by atoms with Gasteiger partial charge in [-0.3, -0.25) is 4.79 Å². The Morgan fingerprint density at radius 3 is 2.92 bits per heavy atom. The number of aromatic nitrogens is 2. The van der Waals surface area contributed by atoms with Crippen molar-refractivity contribution in [2.24, 2.45) is 5.92 Å². The Balaban J connectivity index is 1.55. The SMILES string of the molecule is COc1ccccc1-c1noc(C(C)NC(=O)CCC2CCNCC2)n1. The predicted molar refractivity (Wildman–Crippen MR) is 97.7 cm³/mol. The average molecular weight is 358 g/mol. The fourth-order valence-electron chi connectivity index (χ4n) is 3.23. The molecule has 0 bridgehead atoms. The van der Waals surface area contributed by atoms with Gasteiger partial charge in [-0.1, -0.05) is 17.3 Å². The third-order valence-corrected chi connectivity index (χ3v) is 4.78. The second kappa shape index (κ2) is 8.80. The molecule has 1 aromatic heterocycles. The van der Waals surface area contributed by atoms with Crippen molar-refractivity contribution in [2.75, 3.05) is 20.2 Å². The lowest BCUT2D eigenvalue weighted by Crippen LogP contribution is -2.30. The van der Waals surface area contributed by atoms with E-state index in [0.717, 1.165) is 37.9 Å². The van der Waals surface area contributed by atoms with E-state index in [1.54, 1.807) is 7.11 Å². The summed E-state index contributed by atoms with van der Waals surface area (Å²) < 4.78 is 10.7. The van der Waals surface area contributed by atoms with Gasteiger partial charge in [-0.2, -0.15) is 4.98 Å². The van der Waals surface area contributed by atoms with Crippen LogP contribution in [0.3, 0.4) is 0 Å². The molecule has 7 heteroatoms. The first-order chi connectivity index (χ1) is 12.7. The number of benzene rings is 1. The molecule has 1 aliphatic rings. The van der Waals surface area contributed by atoms with Crippen molar-refractivity contribution >= 4 is 5.91 Å². The van der Waals surface area contributed by atoms with Gasteiger partial charge >= 0.3 is 0 Å². The van der Waals surface area contributed by atoms with Gasteiger partial charge in [0, 0.05) is 6.42 Å². The Kier molecular flexibility index (Phi) is 6.22. The van der Waals surface area contributed by atoms with E-state index in [2.05, 4.69) is 20.8 Å². The first-order valence-electron chi connectivity index (χ1n) is 9.14. The number of ether oxygens (including phenoxy) is 1. The quantitative estimate of drug-likeness (QED) is 0.791. The molecule has 7 nitrogen and oxygen atoms in total. The van der Waals surface area contributed by atoms with Gasteiger partial charge in [-0.05, 0) is 57.3 Å². The highest BCUT2D eigenvalue weighted by molar-refractivity contribution is 5.76.